The normalized spacial score (nSPS) is 11.6. The number of carboxylic acids is 1. The van der Waals surface area contributed by atoms with E-state index in [2.05, 4.69) is 10.1 Å². The van der Waals surface area contributed by atoms with Crippen molar-refractivity contribution in [1.29, 1.82) is 0 Å². The Labute approximate surface area is 117 Å². The minimum Gasteiger partial charge on any atom is -0.480 e. The van der Waals surface area contributed by atoms with Crippen LogP contribution in [0.15, 0.2) is 0 Å². The van der Waals surface area contributed by atoms with Gasteiger partial charge in [0.15, 0.2) is 0 Å². The van der Waals surface area contributed by atoms with Crippen LogP contribution >= 0.6 is 0 Å². The average Bonchev–Trinajstić information content (AvgIpc) is 2.42. The largest absolute Gasteiger partial charge is 0.480 e. The molecule has 0 aliphatic rings. The Kier molecular flexibility index (Phi) is 9.10. The summed E-state index contributed by atoms with van der Waals surface area (Å²) in [5, 5.41) is 20.2. The van der Waals surface area contributed by atoms with Gasteiger partial charge in [-0.05, 0) is 12.8 Å². The molecule has 0 aliphatic carbocycles. The molecule has 8 heteroatoms. The number of hydrogen-bond donors (Lipinski definition) is 3. The number of amides is 2. The third kappa shape index (κ3) is 6.93. The summed E-state index contributed by atoms with van der Waals surface area (Å²) in [6, 6.07) is -1.74. The molecule has 8 nitrogen and oxygen atoms in total. The van der Waals surface area contributed by atoms with Crippen LogP contribution in [0.3, 0.4) is 0 Å². The van der Waals surface area contributed by atoms with Crippen molar-refractivity contribution in [3.63, 3.8) is 0 Å². The number of methoxy groups -OCH3 is 1. The van der Waals surface area contributed by atoms with Crippen molar-refractivity contribution in [3.8, 4) is 0 Å². The van der Waals surface area contributed by atoms with Gasteiger partial charge in [0.05, 0.1) is 13.7 Å². The lowest BCUT2D eigenvalue weighted by Crippen LogP contribution is -2.49. The summed E-state index contributed by atoms with van der Waals surface area (Å²) in [4.78, 5) is 35.2. The first-order valence-corrected chi connectivity index (χ1v) is 6.42. The Morgan fingerprint density at radius 2 is 1.95 bits per heavy atom. The van der Waals surface area contributed by atoms with Crippen molar-refractivity contribution in [3.05, 3.63) is 0 Å². The fraction of sp³-hybridized carbons (Fsp3) is 0.750. The number of nitrogens with zero attached hydrogens (tertiary/aromatic N) is 1. The van der Waals surface area contributed by atoms with Gasteiger partial charge in [-0.1, -0.05) is 6.92 Å². The molecular formula is C12H22N2O6. The number of aliphatic carboxylic acids is 1. The zero-order valence-electron chi connectivity index (χ0n) is 11.8. The first-order chi connectivity index (χ1) is 9.46. The number of esters is 1. The van der Waals surface area contributed by atoms with Gasteiger partial charge in [0.25, 0.3) is 0 Å². The first kappa shape index (κ1) is 18.2. The number of hydrogen-bond acceptors (Lipinski definition) is 5. The van der Waals surface area contributed by atoms with Gasteiger partial charge in [-0.2, -0.15) is 0 Å². The van der Waals surface area contributed by atoms with Crippen LogP contribution in [0.1, 0.15) is 26.2 Å². The number of carbonyl (C=O) groups is 3. The molecule has 0 saturated heterocycles. The van der Waals surface area contributed by atoms with Gasteiger partial charge in [0.2, 0.25) is 0 Å². The van der Waals surface area contributed by atoms with Gasteiger partial charge in [-0.15, -0.1) is 0 Å². The Morgan fingerprint density at radius 1 is 1.30 bits per heavy atom. The van der Waals surface area contributed by atoms with Crippen molar-refractivity contribution in [2.45, 2.75) is 32.2 Å². The molecule has 20 heavy (non-hydrogen) atoms. The quantitative estimate of drug-likeness (QED) is 0.507. The highest BCUT2D eigenvalue weighted by atomic mass is 16.5. The minimum atomic E-state index is -1.22. The van der Waals surface area contributed by atoms with E-state index < -0.39 is 24.0 Å². The van der Waals surface area contributed by atoms with E-state index in [-0.39, 0.29) is 26.0 Å². The third-order valence-electron chi connectivity index (χ3n) is 2.61. The van der Waals surface area contributed by atoms with Gasteiger partial charge in [-0.3, -0.25) is 4.79 Å². The Balaban J connectivity index is 4.51. The number of ether oxygens (including phenoxy) is 1. The maximum atomic E-state index is 11.9. The summed E-state index contributed by atoms with van der Waals surface area (Å²) >= 11 is 0. The van der Waals surface area contributed by atoms with Crippen LogP contribution in [0.5, 0.6) is 0 Å². The fourth-order valence-electron chi connectivity index (χ4n) is 1.57. The minimum absolute atomic E-state index is 0.0488. The zero-order valence-corrected chi connectivity index (χ0v) is 11.8. The highest BCUT2D eigenvalue weighted by Crippen LogP contribution is 2.02. The molecule has 0 spiro atoms. The van der Waals surface area contributed by atoms with Crippen molar-refractivity contribution >= 4 is 18.0 Å². The first-order valence-electron chi connectivity index (χ1n) is 6.42. The van der Waals surface area contributed by atoms with E-state index >= 15 is 0 Å². The van der Waals surface area contributed by atoms with Crippen LogP contribution in [0.4, 0.5) is 4.79 Å². The van der Waals surface area contributed by atoms with Crippen LogP contribution < -0.4 is 5.32 Å². The van der Waals surface area contributed by atoms with Crippen LogP contribution in [0.2, 0.25) is 0 Å². The van der Waals surface area contributed by atoms with Crippen LogP contribution in [0, 0.1) is 0 Å². The van der Waals surface area contributed by atoms with E-state index in [1.54, 1.807) is 0 Å². The smallest absolute Gasteiger partial charge is 0.326 e. The van der Waals surface area contributed by atoms with Gasteiger partial charge >= 0.3 is 18.0 Å². The molecule has 0 unspecified atom stereocenters. The van der Waals surface area contributed by atoms with Crippen molar-refractivity contribution in [2.24, 2.45) is 0 Å². The van der Waals surface area contributed by atoms with E-state index in [0.29, 0.717) is 13.0 Å². The number of aliphatic hydroxyl groups is 1. The maximum Gasteiger partial charge on any atom is 0.326 e. The lowest BCUT2D eigenvalue weighted by Gasteiger charge is -2.24. The zero-order chi connectivity index (χ0) is 15.5. The highest BCUT2D eigenvalue weighted by molar-refractivity contribution is 5.83. The predicted octanol–water partition coefficient (Wildman–Crippen LogP) is -0.193. The molecule has 0 fully saturated rings. The number of carboxylic acid groups (broad SMARTS) is 1. The molecule has 0 aliphatic heterocycles. The van der Waals surface area contributed by atoms with Crippen LogP contribution in [-0.2, 0) is 14.3 Å². The molecule has 1 atom stereocenters. The van der Waals surface area contributed by atoms with Crippen LogP contribution in [0.25, 0.3) is 0 Å². The van der Waals surface area contributed by atoms with Crippen molar-refractivity contribution < 1.29 is 29.3 Å². The summed E-state index contributed by atoms with van der Waals surface area (Å²) in [6.07, 6.45) is 0.543. The van der Waals surface area contributed by atoms with E-state index in [9.17, 15) is 14.4 Å². The Hall–Kier alpha value is -1.83. The van der Waals surface area contributed by atoms with E-state index in [0.717, 1.165) is 0 Å². The molecule has 0 aromatic rings. The molecule has 0 aromatic carbocycles. The number of rotatable bonds is 9. The Bertz CT molecular complexity index is 328. The number of carbonyl (C=O) groups excluding carboxylic acids is 2. The monoisotopic (exact) mass is 290 g/mol. The topological polar surface area (TPSA) is 116 Å². The van der Waals surface area contributed by atoms with Gasteiger partial charge < -0.3 is 25.2 Å². The summed E-state index contributed by atoms with van der Waals surface area (Å²) in [7, 11) is 1.21. The summed E-state index contributed by atoms with van der Waals surface area (Å²) in [5.41, 5.74) is 0. The van der Waals surface area contributed by atoms with E-state index in [1.807, 2.05) is 6.92 Å². The number of aliphatic hydroxyl groups excluding tert-OH is 1. The van der Waals surface area contributed by atoms with Crippen molar-refractivity contribution in [2.75, 3.05) is 26.8 Å². The highest BCUT2D eigenvalue weighted by Gasteiger charge is 2.23. The predicted molar refractivity (Wildman–Crippen MR) is 70.2 cm³/mol. The number of urea groups is 1. The molecule has 3 N–H and O–H groups in total. The summed E-state index contributed by atoms with van der Waals surface area (Å²) in [6.45, 7) is 2.20. The Morgan fingerprint density at radius 3 is 2.40 bits per heavy atom. The number of nitrogens with one attached hydrogen (secondary N) is 1. The molecule has 0 bridgehead atoms. The molecule has 0 saturated carbocycles. The molecular weight excluding hydrogens is 268 g/mol. The van der Waals surface area contributed by atoms with Gasteiger partial charge in [-0.25, -0.2) is 9.59 Å². The van der Waals surface area contributed by atoms with Crippen molar-refractivity contribution in [1.82, 2.24) is 10.2 Å². The molecule has 0 aromatic heterocycles. The molecule has 2 amide bonds. The fourth-order valence-corrected chi connectivity index (χ4v) is 1.57. The molecule has 116 valence electrons. The van der Waals surface area contributed by atoms with Gasteiger partial charge in [0, 0.05) is 19.5 Å². The summed E-state index contributed by atoms with van der Waals surface area (Å²) < 4.78 is 4.42. The average molecular weight is 290 g/mol. The SMILES string of the molecule is CCCN(CCO)C(=O)N[C@@H](CCC(=O)OC)C(=O)O. The third-order valence-corrected chi connectivity index (χ3v) is 2.61. The lowest BCUT2D eigenvalue weighted by molar-refractivity contribution is -0.142. The second-order valence-corrected chi connectivity index (χ2v) is 4.17. The van der Waals surface area contributed by atoms with E-state index in [4.69, 9.17) is 10.2 Å². The van der Waals surface area contributed by atoms with E-state index in [1.165, 1.54) is 12.0 Å². The molecule has 0 radical (unpaired) electrons. The second-order valence-electron chi connectivity index (χ2n) is 4.17. The maximum absolute atomic E-state index is 11.9. The second kappa shape index (κ2) is 10.0. The summed E-state index contributed by atoms with van der Waals surface area (Å²) in [5.74, 6) is -1.76. The van der Waals surface area contributed by atoms with Crippen LogP contribution in [-0.4, -0.2) is 65.9 Å². The molecule has 0 heterocycles. The lowest BCUT2D eigenvalue weighted by atomic mass is 10.1. The standard InChI is InChI=1S/C12H22N2O6/c1-3-6-14(7-8-15)12(19)13-9(11(17)18)4-5-10(16)20-2/h9,15H,3-8H2,1-2H3,(H,13,19)(H,17,18)/t9-/m0/s1. The van der Waals surface area contributed by atoms with Gasteiger partial charge in [0.1, 0.15) is 6.04 Å². The molecule has 0 rings (SSSR count).